The number of hydrogen-bond acceptors (Lipinski definition) is 5. The zero-order chi connectivity index (χ0) is 18.8. The molecule has 0 N–H and O–H groups in total. The van der Waals surface area contributed by atoms with E-state index in [1.54, 1.807) is 23.7 Å². The predicted molar refractivity (Wildman–Crippen MR) is 99.2 cm³/mol. The van der Waals surface area contributed by atoms with Gasteiger partial charge in [0.15, 0.2) is 11.5 Å². The summed E-state index contributed by atoms with van der Waals surface area (Å²) in [5, 5.41) is 4.65. The minimum absolute atomic E-state index is 0.106. The summed E-state index contributed by atoms with van der Waals surface area (Å²) in [6.45, 7) is 2.53. The van der Waals surface area contributed by atoms with Gasteiger partial charge < -0.3 is 14.2 Å². The fourth-order valence-electron chi connectivity index (χ4n) is 2.90. The number of fused-ring (bicyclic) bond motifs is 1. The number of hydrogen-bond donors (Lipinski definition) is 0. The van der Waals surface area contributed by atoms with Gasteiger partial charge in [0.05, 0.1) is 12.2 Å². The topological polar surface area (TPSA) is 62.6 Å². The number of ether oxygens (including phenoxy) is 3. The van der Waals surface area contributed by atoms with Crippen LogP contribution in [0.1, 0.15) is 27.2 Å². The summed E-state index contributed by atoms with van der Waals surface area (Å²) < 4.78 is 17.6. The van der Waals surface area contributed by atoms with Crippen molar-refractivity contribution in [1.29, 1.82) is 0 Å². The lowest BCUT2D eigenvalue weighted by molar-refractivity contribution is 0.0471. The molecule has 4 rings (SSSR count). The largest absolute Gasteiger partial charge is 0.457 e. The van der Waals surface area contributed by atoms with E-state index in [2.05, 4.69) is 5.10 Å². The van der Waals surface area contributed by atoms with Crippen LogP contribution in [0.25, 0.3) is 0 Å². The first-order valence-corrected chi connectivity index (χ1v) is 8.82. The van der Waals surface area contributed by atoms with Gasteiger partial charge in [-0.2, -0.15) is 5.10 Å². The second kappa shape index (κ2) is 7.32. The van der Waals surface area contributed by atoms with E-state index in [4.69, 9.17) is 25.8 Å². The van der Waals surface area contributed by atoms with Crippen molar-refractivity contribution in [3.05, 3.63) is 76.1 Å². The average molecular weight is 385 g/mol. The second-order valence-electron chi connectivity index (χ2n) is 6.16. The number of halogens is 1. The molecule has 0 unspecified atom stereocenters. The van der Waals surface area contributed by atoms with Crippen LogP contribution < -0.4 is 9.47 Å². The zero-order valence-electron chi connectivity index (χ0n) is 14.6. The Balaban J connectivity index is 1.47. The first kappa shape index (κ1) is 17.4. The van der Waals surface area contributed by atoms with Crippen molar-refractivity contribution in [2.75, 3.05) is 6.79 Å². The van der Waals surface area contributed by atoms with E-state index in [0.29, 0.717) is 23.7 Å². The molecule has 0 saturated heterocycles. The van der Waals surface area contributed by atoms with Crippen molar-refractivity contribution >= 4 is 17.6 Å². The summed E-state index contributed by atoms with van der Waals surface area (Å²) in [4.78, 5) is 12.5. The highest BCUT2D eigenvalue weighted by Crippen LogP contribution is 2.32. The van der Waals surface area contributed by atoms with E-state index in [9.17, 15) is 4.79 Å². The molecule has 0 amide bonds. The molecule has 7 heteroatoms. The fraction of sp³-hybridized carbons (Fsp3) is 0.200. The van der Waals surface area contributed by atoms with Gasteiger partial charge in [-0.3, -0.25) is 0 Å². The predicted octanol–water partition coefficient (Wildman–Crippen LogP) is 3.98. The Kier molecular flexibility index (Phi) is 4.73. The highest BCUT2D eigenvalue weighted by molar-refractivity contribution is 6.32. The molecule has 0 radical (unpaired) electrons. The lowest BCUT2D eigenvalue weighted by Crippen LogP contribution is -2.07. The molecule has 0 aliphatic carbocycles. The van der Waals surface area contributed by atoms with Gasteiger partial charge in [-0.1, -0.05) is 48.0 Å². The molecule has 1 aliphatic rings. The number of rotatable bonds is 5. The SMILES string of the molecule is Cc1nn(Cc2ccccc2)c(Cl)c1C(=O)OCc1ccc2c(c1)OCO2. The molecule has 3 aromatic rings. The third kappa shape index (κ3) is 3.61. The third-order valence-electron chi connectivity index (χ3n) is 4.25. The first-order valence-electron chi connectivity index (χ1n) is 8.44. The van der Waals surface area contributed by atoms with Crippen molar-refractivity contribution in [2.45, 2.75) is 20.1 Å². The summed E-state index contributed by atoms with van der Waals surface area (Å²) in [5.74, 6) is 0.828. The lowest BCUT2D eigenvalue weighted by atomic mass is 10.2. The molecule has 0 atom stereocenters. The van der Waals surface area contributed by atoms with Gasteiger partial charge in [-0.15, -0.1) is 0 Å². The molecule has 138 valence electrons. The maximum atomic E-state index is 12.5. The Morgan fingerprint density at radius 1 is 1.15 bits per heavy atom. The second-order valence-corrected chi connectivity index (χ2v) is 6.52. The molecule has 2 heterocycles. The van der Waals surface area contributed by atoms with Crippen LogP contribution in [0.15, 0.2) is 48.5 Å². The monoisotopic (exact) mass is 384 g/mol. The van der Waals surface area contributed by atoms with Gasteiger partial charge in [0.1, 0.15) is 17.3 Å². The molecule has 27 heavy (non-hydrogen) atoms. The minimum atomic E-state index is -0.505. The minimum Gasteiger partial charge on any atom is -0.457 e. The standard InChI is InChI=1S/C20H17ClN2O4/c1-13-18(19(21)23(22-13)10-14-5-3-2-4-6-14)20(24)25-11-15-7-8-16-17(9-15)27-12-26-16/h2-9H,10-12H2,1H3. The molecule has 0 bridgehead atoms. The van der Waals surface area contributed by atoms with Crippen LogP contribution in [-0.4, -0.2) is 22.5 Å². The molecular formula is C20H17ClN2O4. The van der Waals surface area contributed by atoms with Gasteiger partial charge in [-0.25, -0.2) is 9.48 Å². The lowest BCUT2D eigenvalue weighted by Gasteiger charge is -2.06. The van der Waals surface area contributed by atoms with E-state index in [1.807, 2.05) is 36.4 Å². The maximum absolute atomic E-state index is 12.5. The average Bonchev–Trinajstić information content (AvgIpc) is 3.24. The van der Waals surface area contributed by atoms with Crippen molar-refractivity contribution in [2.24, 2.45) is 0 Å². The van der Waals surface area contributed by atoms with E-state index >= 15 is 0 Å². The Hall–Kier alpha value is -2.99. The Bertz CT molecular complexity index is 985. The van der Waals surface area contributed by atoms with Crippen LogP contribution in [-0.2, 0) is 17.9 Å². The van der Waals surface area contributed by atoms with E-state index in [0.717, 1.165) is 11.1 Å². The molecule has 2 aromatic carbocycles. The van der Waals surface area contributed by atoms with Gasteiger partial charge >= 0.3 is 5.97 Å². The molecular weight excluding hydrogens is 368 g/mol. The normalized spacial score (nSPS) is 12.2. The highest BCUT2D eigenvalue weighted by Gasteiger charge is 2.22. The van der Waals surface area contributed by atoms with Crippen molar-refractivity contribution in [3.63, 3.8) is 0 Å². The summed E-state index contributed by atoms with van der Waals surface area (Å²) in [5.41, 5.74) is 2.67. The molecule has 0 fully saturated rings. The number of benzene rings is 2. The summed E-state index contributed by atoms with van der Waals surface area (Å²) >= 11 is 6.40. The third-order valence-corrected chi connectivity index (χ3v) is 4.64. The van der Waals surface area contributed by atoms with Crippen LogP contribution >= 0.6 is 11.6 Å². The number of carbonyl (C=O) groups excluding carboxylic acids is 1. The van der Waals surface area contributed by atoms with Crippen LogP contribution in [0.2, 0.25) is 5.15 Å². The summed E-state index contributed by atoms with van der Waals surface area (Å²) in [6.07, 6.45) is 0. The summed E-state index contributed by atoms with van der Waals surface area (Å²) in [6, 6.07) is 15.2. The number of esters is 1. The van der Waals surface area contributed by atoms with Gasteiger partial charge in [0.2, 0.25) is 6.79 Å². The smallest absolute Gasteiger partial charge is 0.343 e. The van der Waals surface area contributed by atoms with Gasteiger partial charge in [0, 0.05) is 0 Å². The zero-order valence-corrected chi connectivity index (χ0v) is 15.4. The van der Waals surface area contributed by atoms with Crippen LogP contribution in [0, 0.1) is 6.92 Å². The summed E-state index contributed by atoms with van der Waals surface area (Å²) in [7, 11) is 0. The molecule has 1 aromatic heterocycles. The van der Waals surface area contributed by atoms with Gasteiger partial charge in [0.25, 0.3) is 0 Å². The molecule has 6 nitrogen and oxygen atoms in total. The van der Waals surface area contributed by atoms with Crippen LogP contribution in [0.5, 0.6) is 11.5 Å². The number of aromatic nitrogens is 2. The number of aryl methyl sites for hydroxylation is 1. The fourth-order valence-corrected chi connectivity index (χ4v) is 3.21. The highest BCUT2D eigenvalue weighted by atomic mass is 35.5. The quantitative estimate of drug-likeness (QED) is 0.623. The molecule has 0 spiro atoms. The Morgan fingerprint density at radius 3 is 2.74 bits per heavy atom. The van der Waals surface area contributed by atoms with E-state index in [-0.39, 0.29) is 24.1 Å². The number of nitrogens with zero attached hydrogens (tertiary/aromatic N) is 2. The maximum Gasteiger partial charge on any atom is 0.343 e. The van der Waals surface area contributed by atoms with Crippen molar-refractivity contribution in [3.8, 4) is 11.5 Å². The van der Waals surface area contributed by atoms with Crippen molar-refractivity contribution in [1.82, 2.24) is 9.78 Å². The Morgan fingerprint density at radius 2 is 1.93 bits per heavy atom. The Labute approximate surface area is 161 Å². The van der Waals surface area contributed by atoms with E-state index in [1.165, 1.54) is 0 Å². The molecule has 0 saturated carbocycles. The van der Waals surface area contributed by atoms with Crippen molar-refractivity contribution < 1.29 is 19.0 Å². The van der Waals surface area contributed by atoms with Crippen LogP contribution in [0.4, 0.5) is 0 Å². The van der Waals surface area contributed by atoms with Crippen LogP contribution in [0.3, 0.4) is 0 Å². The van der Waals surface area contributed by atoms with E-state index < -0.39 is 5.97 Å². The first-order chi connectivity index (χ1) is 13.1. The number of carbonyl (C=O) groups is 1. The van der Waals surface area contributed by atoms with Gasteiger partial charge in [-0.05, 0) is 30.2 Å². The molecule has 1 aliphatic heterocycles.